The Hall–Kier alpha value is -1.88. The largest absolute Gasteiger partial charge is 0.497 e. The van der Waals surface area contributed by atoms with Crippen LogP contribution in [-0.4, -0.2) is 24.1 Å². The molecule has 0 atom stereocenters. The van der Waals surface area contributed by atoms with Gasteiger partial charge in [0.2, 0.25) is 0 Å². The Morgan fingerprint density at radius 1 is 1.14 bits per heavy atom. The van der Waals surface area contributed by atoms with Crippen molar-refractivity contribution in [1.82, 2.24) is 9.97 Å². The predicted octanol–water partition coefficient (Wildman–Crippen LogP) is 5.07. The van der Waals surface area contributed by atoms with Crippen LogP contribution in [0.1, 0.15) is 71.9 Å². The van der Waals surface area contributed by atoms with E-state index in [4.69, 9.17) is 4.74 Å². The topological polar surface area (TPSA) is 81.0 Å². The van der Waals surface area contributed by atoms with E-state index in [1.54, 1.807) is 7.11 Å². The van der Waals surface area contributed by atoms with Crippen molar-refractivity contribution in [3.63, 3.8) is 0 Å². The third kappa shape index (κ3) is 9.88. The zero-order valence-electron chi connectivity index (χ0n) is 18.6. The Balaban J connectivity index is 0.000000490. The molecule has 1 aliphatic carbocycles. The minimum absolute atomic E-state index is 0.0713. The van der Waals surface area contributed by atoms with Crippen LogP contribution in [0, 0.1) is 11.3 Å². The maximum atomic E-state index is 12.1. The highest BCUT2D eigenvalue weighted by atomic mass is 16.5. The van der Waals surface area contributed by atoms with Crippen molar-refractivity contribution in [2.24, 2.45) is 17.1 Å². The summed E-state index contributed by atoms with van der Waals surface area (Å²) in [5.74, 6) is 1.73. The number of H-pyrrole nitrogens is 1. The molecule has 158 valence electrons. The average Bonchev–Trinajstić information content (AvgIpc) is 3.46. The van der Waals surface area contributed by atoms with Crippen molar-refractivity contribution in [2.45, 2.75) is 72.6 Å². The van der Waals surface area contributed by atoms with Crippen molar-refractivity contribution >= 4 is 11.0 Å². The molecular formula is C23H39N3O2. The molecule has 0 aliphatic heterocycles. The number of nitrogens with zero attached hydrogens (tertiary/aromatic N) is 1. The molecule has 1 aliphatic rings. The van der Waals surface area contributed by atoms with Crippen LogP contribution in [0.15, 0.2) is 23.0 Å². The van der Waals surface area contributed by atoms with Crippen LogP contribution < -0.4 is 16.0 Å². The van der Waals surface area contributed by atoms with Gasteiger partial charge in [0.05, 0.1) is 18.1 Å². The van der Waals surface area contributed by atoms with Gasteiger partial charge < -0.3 is 15.5 Å². The van der Waals surface area contributed by atoms with Crippen LogP contribution >= 0.6 is 0 Å². The SMILES string of the molecule is CC(C)(C)C.CN.COc1ccc2nc(CCCCCC3CC3)c(=O)[nH]c2c1. The summed E-state index contributed by atoms with van der Waals surface area (Å²) in [5.41, 5.74) is 7.14. The van der Waals surface area contributed by atoms with Crippen LogP contribution in [0.4, 0.5) is 0 Å². The van der Waals surface area contributed by atoms with Gasteiger partial charge in [-0.15, -0.1) is 0 Å². The van der Waals surface area contributed by atoms with Crippen molar-refractivity contribution < 1.29 is 4.74 Å². The number of fused-ring (bicyclic) bond motifs is 1. The number of nitrogens with two attached hydrogens (primary N) is 1. The molecule has 5 heteroatoms. The first-order valence-corrected chi connectivity index (χ1v) is 10.4. The van der Waals surface area contributed by atoms with Gasteiger partial charge in [-0.1, -0.05) is 59.8 Å². The third-order valence-electron chi connectivity index (χ3n) is 4.19. The molecule has 1 saturated carbocycles. The van der Waals surface area contributed by atoms with Gasteiger partial charge in [0, 0.05) is 6.07 Å². The van der Waals surface area contributed by atoms with E-state index in [-0.39, 0.29) is 5.56 Å². The van der Waals surface area contributed by atoms with Gasteiger partial charge in [0.1, 0.15) is 11.4 Å². The van der Waals surface area contributed by atoms with E-state index in [1.807, 2.05) is 18.2 Å². The summed E-state index contributed by atoms with van der Waals surface area (Å²) in [5, 5.41) is 0. The van der Waals surface area contributed by atoms with E-state index in [1.165, 1.54) is 39.2 Å². The summed E-state index contributed by atoms with van der Waals surface area (Å²) in [6.45, 7) is 8.75. The highest BCUT2D eigenvalue weighted by molar-refractivity contribution is 5.75. The van der Waals surface area contributed by atoms with Gasteiger partial charge in [-0.3, -0.25) is 4.79 Å². The summed E-state index contributed by atoms with van der Waals surface area (Å²) in [7, 11) is 3.11. The number of hydrogen-bond donors (Lipinski definition) is 2. The third-order valence-corrected chi connectivity index (χ3v) is 4.19. The molecule has 1 fully saturated rings. The van der Waals surface area contributed by atoms with E-state index in [0.29, 0.717) is 11.1 Å². The van der Waals surface area contributed by atoms with E-state index in [0.717, 1.165) is 35.5 Å². The van der Waals surface area contributed by atoms with Gasteiger partial charge in [-0.05, 0) is 43.4 Å². The summed E-state index contributed by atoms with van der Waals surface area (Å²) < 4.78 is 5.16. The molecule has 0 saturated heterocycles. The van der Waals surface area contributed by atoms with Crippen LogP contribution in [-0.2, 0) is 6.42 Å². The van der Waals surface area contributed by atoms with Gasteiger partial charge in [-0.25, -0.2) is 4.98 Å². The van der Waals surface area contributed by atoms with E-state index in [9.17, 15) is 4.79 Å². The second-order valence-electron chi connectivity index (χ2n) is 8.94. The lowest BCUT2D eigenvalue weighted by atomic mass is 10.0. The van der Waals surface area contributed by atoms with Crippen molar-refractivity contribution in [3.8, 4) is 5.75 Å². The number of hydrogen-bond acceptors (Lipinski definition) is 4. The van der Waals surface area contributed by atoms with Gasteiger partial charge in [-0.2, -0.15) is 0 Å². The average molecular weight is 390 g/mol. The van der Waals surface area contributed by atoms with Crippen molar-refractivity contribution in [1.29, 1.82) is 0 Å². The minimum Gasteiger partial charge on any atom is -0.497 e. The Labute approximate surface area is 170 Å². The zero-order chi connectivity index (χ0) is 21.2. The Morgan fingerprint density at radius 2 is 1.79 bits per heavy atom. The monoisotopic (exact) mass is 389 g/mol. The zero-order valence-corrected chi connectivity index (χ0v) is 18.6. The molecule has 0 bridgehead atoms. The molecule has 0 unspecified atom stereocenters. The van der Waals surface area contributed by atoms with Gasteiger partial charge >= 0.3 is 0 Å². The quantitative estimate of drug-likeness (QED) is 0.648. The van der Waals surface area contributed by atoms with Crippen LogP contribution in [0.25, 0.3) is 11.0 Å². The highest BCUT2D eigenvalue weighted by Gasteiger charge is 2.19. The second kappa shape index (κ2) is 11.8. The van der Waals surface area contributed by atoms with Crippen LogP contribution in [0.3, 0.4) is 0 Å². The number of benzene rings is 1. The van der Waals surface area contributed by atoms with Crippen LogP contribution in [0.2, 0.25) is 0 Å². The lowest BCUT2D eigenvalue weighted by molar-refractivity contribution is 0.415. The number of ether oxygens (including phenoxy) is 1. The Morgan fingerprint density at radius 3 is 2.36 bits per heavy atom. The van der Waals surface area contributed by atoms with E-state index >= 15 is 0 Å². The number of methoxy groups -OCH3 is 1. The fourth-order valence-corrected chi connectivity index (χ4v) is 2.71. The summed E-state index contributed by atoms with van der Waals surface area (Å²) in [6, 6.07) is 5.57. The molecule has 3 N–H and O–H groups in total. The molecule has 2 aromatic rings. The number of unbranched alkanes of at least 4 members (excludes halogenated alkanes) is 2. The summed E-state index contributed by atoms with van der Waals surface area (Å²) in [6.07, 6.45) is 8.50. The van der Waals surface area contributed by atoms with Gasteiger partial charge in [0.25, 0.3) is 5.56 Å². The molecule has 1 aromatic carbocycles. The molecule has 0 radical (unpaired) electrons. The normalized spacial score (nSPS) is 13.2. The first-order chi connectivity index (χ1) is 13.3. The number of nitrogens with one attached hydrogen (secondary N) is 1. The smallest absolute Gasteiger partial charge is 0.270 e. The maximum absolute atomic E-state index is 12.1. The highest BCUT2D eigenvalue weighted by Crippen LogP contribution is 2.34. The van der Waals surface area contributed by atoms with Crippen LogP contribution in [0.5, 0.6) is 5.75 Å². The molecule has 5 nitrogen and oxygen atoms in total. The van der Waals surface area contributed by atoms with E-state index in [2.05, 4.69) is 43.4 Å². The fourth-order valence-electron chi connectivity index (χ4n) is 2.71. The molecular weight excluding hydrogens is 350 g/mol. The van der Waals surface area contributed by atoms with E-state index < -0.39 is 0 Å². The lowest BCUT2D eigenvalue weighted by Gasteiger charge is -2.05. The number of rotatable bonds is 7. The molecule has 28 heavy (non-hydrogen) atoms. The summed E-state index contributed by atoms with van der Waals surface area (Å²) >= 11 is 0. The molecule has 1 aromatic heterocycles. The standard InChI is InChI=1S/C17H22N2O2.C5H12.CH5N/c1-21-13-9-10-14-16(11-13)19-17(20)15(18-14)6-4-2-3-5-12-7-8-12;1-5(2,3)4;1-2/h9-12H,2-8H2,1H3,(H,19,20);1-4H3;2H2,1H3. The molecule has 0 amide bonds. The summed E-state index contributed by atoms with van der Waals surface area (Å²) in [4.78, 5) is 19.5. The Bertz CT molecular complexity index is 753. The van der Waals surface area contributed by atoms with Crippen molar-refractivity contribution in [3.05, 3.63) is 34.2 Å². The van der Waals surface area contributed by atoms with Gasteiger partial charge in [0.15, 0.2) is 0 Å². The number of aromatic amines is 1. The predicted molar refractivity (Wildman–Crippen MR) is 119 cm³/mol. The lowest BCUT2D eigenvalue weighted by Crippen LogP contribution is -2.15. The van der Waals surface area contributed by atoms with Crippen molar-refractivity contribution in [2.75, 3.05) is 14.2 Å². The molecule has 3 rings (SSSR count). The molecule has 0 spiro atoms. The first kappa shape index (κ1) is 24.2. The first-order valence-electron chi connectivity index (χ1n) is 10.4. The number of aryl methyl sites for hydroxylation is 1. The second-order valence-corrected chi connectivity index (χ2v) is 8.94. The maximum Gasteiger partial charge on any atom is 0.270 e. The number of aromatic nitrogens is 2. The molecule has 1 heterocycles. The fraction of sp³-hybridized carbons (Fsp3) is 0.652. The Kier molecular flexibility index (Phi) is 10.2. The minimum atomic E-state index is -0.0713.